The van der Waals surface area contributed by atoms with Crippen LogP contribution in [0.1, 0.15) is 29.2 Å². The Labute approximate surface area is 222 Å². The summed E-state index contributed by atoms with van der Waals surface area (Å²) < 4.78 is 6.81. The van der Waals surface area contributed by atoms with E-state index in [0.29, 0.717) is 35.1 Å². The number of amides is 4. The van der Waals surface area contributed by atoms with Gasteiger partial charge in [-0.1, -0.05) is 48.0 Å². The van der Waals surface area contributed by atoms with E-state index in [4.69, 9.17) is 16.3 Å². The molecule has 1 N–H and O–H groups in total. The summed E-state index contributed by atoms with van der Waals surface area (Å²) in [4.78, 5) is 39.4. The van der Waals surface area contributed by atoms with E-state index in [9.17, 15) is 14.4 Å². The maximum Gasteiger partial charge on any atom is 0.335 e. The van der Waals surface area contributed by atoms with Gasteiger partial charge in [0.15, 0.2) is 0 Å². The van der Waals surface area contributed by atoms with Crippen molar-refractivity contribution in [2.45, 2.75) is 20.3 Å². The van der Waals surface area contributed by atoms with Crippen molar-refractivity contribution in [3.8, 4) is 5.75 Å². The highest BCUT2D eigenvalue weighted by Gasteiger charge is 2.37. The van der Waals surface area contributed by atoms with Gasteiger partial charge in [0.1, 0.15) is 11.3 Å². The van der Waals surface area contributed by atoms with Crippen molar-refractivity contribution in [3.63, 3.8) is 0 Å². The largest absolute Gasteiger partial charge is 0.494 e. The smallest absolute Gasteiger partial charge is 0.335 e. The predicted octanol–water partition coefficient (Wildman–Crippen LogP) is 5.91. The average Bonchev–Trinajstić information content (AvgIpc) is 2.81. The fraction of sp³-hybridized carbons (Fsp3) is 0.148. The van der Waals surface area contributed by atoms with E-state index >= 15 is 0 Å². The van der Waals surface area contributed by atoms with Crippen LogP contribution in [0.15, 0.2) is 66.2 Å². The number of nitrogens with zero attached hydrogens (tertiary/aromatic N) is 1. The number of imide groups is 2. The van der Waals surface area contributed by atoms with Crippen molar-refractivity contribution in [1.29, 1.82) is 0 Å². The molecule has 1 aliphatic rings. The van der Waals surface area contributed by atoms with E-state index in [1.165, 1.54) is 6.08 Å². The first-order valence-electron chi connectivity index (χ1n) is 11.0. The van der Waals surface area contributed by atoms with Crippen LogP contribution >= 0.6 is 34.2 Å². The molecular weight excluding hydrogens is 579 g/mol. The molecule has 4 amide bonds. The number of aryl methyl sites for hydroxylation is 1. The SMILES string of the molecule is CCOc1cc(/C=C2\C(=O)NC(=O)N(c3ccccc3C)C2=O)cc(I)c1Cc1ccccc1Cl. The Morgan fingerprint density at radius 3 is 2.49 bits per heavy atom. The van der Waals surface area contributed by atoms with Crippen LogP contribution in [0.3, 0.4) is 0 Å². The van der Waals surface area contributed by atoms with Crippen LogP contribution < -0.4 is 15.0 Å². The van der Waals surface area contributed by atoms with Crippen LogP contribution in [0.2, 0.25) is 5.02 Å². The zero-order chi connectivity index (χ0) is 25.1. The lowest BCUT2D eigenvalue weighted by atomic mass is 10.0. The summed E-state index contributed by atoms with van der Waals surface area (Å²) in [5.74, 6) is -0.777. The van der Waals surface area contributed by atoms with Crippen LogP contribution in [0.5, 0.6) is 5.75 Å². The molecule has 1 fully saturated rings. The molecule has 3 aromatic rings. The van der Waals surface area contributed by atoms with E-state index in [0.717, 1.165) is 25.2 Å². The van der Waals surface area contributed by atoms with E-state index in [1.54, 1.807) is 31.2 Å². The predicted molar refractivity (Wildman–Crippen MR) is 145 cm³/mol. The Kier molecular flexibility index (Phi) is 7.57. The molecule has 0 aliphatic carbocycles. The lowest BCUT2D eigenvalue weighted by Gasteiger charge is -2.27. The molecule has 1 aliphatic heterocycles. The summed E-state index contributed by atoms with van der Waals surface area (Å²) in [6, 6.07) is 17.5. The number of ether oxygens (including phenoxy) is 1. The summed E-state index contributed by atoms with van der Waals surface area (Å²) >= 11 is 8.58. The second-order valence-electron chi connectivity index (χ2n) is 7.92. The van der Waals surface area contributed by atoms with Gasteiger partial charge in [0.25, 0.3) is 11.8 Å². The molecule has 178 valence electrons. The zero-order valence-corrected chi connectivity index (χ0v) is 22.0. The second-order valence-corrected chi connectivity index (χ2v) is 9.49. The van der Waals surface area contributed by atoms with Crippen LogP contribution in [-0.2, 0) is 16.0 Å². The first-order valence-corrected chi connectivity index (χ1v) is 12.4. The molecule has 4 rings (SSSR count). The summed E-state index contributed by atoms with van der Waals surface area (Å²) in [7, 11) is 0. The van der Waals surface area contributed by atoms with E-state index < -0.39 is 17.8 Å². The van der Waals surface area contributed by atoms with Crippen molar-refractivity contribution in [3.05, 3.63) is 97.1 Å². The van der Waals surface area contributed by atoms with Gasteiger partial charge in [0.2, 0.25) is 0 Å². The number of hydrogen-bond acceptors (Lipinski definition) is 4. The molecule has 8 heteroatoms. The maximum absolute atomic E-state index is 13.3. The van der Waals surface area contributed by atoms with Crippen molar-refractivity contribution in [2.24, 2.45) is 0 Å². The van der Waals surface area contributed by atoms with Crippen molar-refractivity contribution >= 4 is 63.8 Å². The number of rotatable bonds is 6. The molecule has 0 unspecified atom stereocenters. The van der Waals surface area contributed by atoms with Crippen molar-refractivity contribution in [1.82, 2.24) is 5.32 Å². The van der Waals surface area contributed by atoms with Gasteiger partial charge in [-0.15, -0.1) is 0 Å². The molecule has 0 spiro atoms. The number of para-hydroxylation sites is 1. The Morgan fingerprint density at radius 2 is 1.77 bits per heavy atom. The molecule has 0 radical (unpaired) electrons. The van der Waals surface area contributed by atoms with Gasteiger partial charge in [0.05, 0.1) is 12.3 Å². The Hall–Kier alpha value is -3.17. The van der Waals surface area contributed by atoms with Gasteiger partial charge in [-0.05, 0) is 83.5 Å². The summed E-state index contributed by atoms with van der Waals surface area (Å²) in [5, 5.41) is 2.94. The molecule has 35 heavy (non-hydrogen) atoms. The molecule has 0 saturated carbocycles. The first-order chi connectivity index (χ1) is 16.8. The lowest BCUT2D eigenvalue weighted by Crippen LogP contribution is -2.54. The highest BCUT2D eigenvalue weighted by atomic mass is 127. The summed E-state index contributed by atoms with van der Waals surface area (Å²) in [6.45, 7) is 4.13. The van der Waals surface area contributed by atoms with Gasteiger partial charge in [-0.2, -0.15) is 0 Å². The third kappa shape index (κ3) is 5.26. The third-order valence-corrected chi connectivity index (χ3v) is 6.90. The molecule has 6 nitrogen and oxygen atoms in total. The second kappa shape index (κ2) is 10.6. The summed E-state index contributed by atoms with van der Waals surface area (Å²) in [5.41, 5.74) is 3.56. The van der Waals surface area contributed by atoms with Crippen molar-refractivity contribution < 1.29 is 19.1 Å². The quantitative estimate of drug-likeness (QED) is 0.217. The zero-order valence-electron chi connectivity index (χ0n) is 19.1. The molecule has 0 atom stereocenters. The number of nitrogens with one attached hydrogen (secondary N) is 1. The lowest BCUT2D eigenvalue weighted by molar-refractivity contribution is -0.122. The minimum atomic E-state index is -0.772. The molecule has 0 bridgehead atoms. The number of anilines is 1. The van der Waals surface area contributed by atoms with E-state index in [2.05, 4.69) is 27.9 Å². The molecule has 1 saturated heterocycles. The Bertz CT molecular complexity index is 1370. The highest BCUT2D eigenvalue weighted by Crippen LogP contribution is 2.32. The minimum absolute atomic E-state index is 0.134. The maximum atomic E-state index is 13.3. The number of carbonyl (C=O) groups is 3. The first kappa shape index (κ1) is 24.9. The molecule has 1 heterocycles. The number of barbiturate groups is 1. The number of halogens is 2. The topological polar surface area (TPSA) is 75.7 Å². The van der Waals surface area contributed by atoms with Crippen LogP contribution in [0, 0.1) is 10.5 Å². The van der Waals surface area contributed by atoms with Gasteiger partial charge in [0, 0.05) is 20.6 Å². The minimum Gasteiger partial charge on any atom is -0.494 e. The average molecular weight is 601 g/mol. The fourth-order valence-corrected chi connectivity index (χ4v) is 4.88. The number of urea groups is 1. The monoisotopic (exact) mass is 600 g/mol. The van der Waals surface area contributed by atoms with Gasteiger partial charge < -0.3 is 4.74 Å². The van der Waals surface area contributed by atoms with Gasteiger partial charge >= 0.3 is 6.03 Å². The Balaban J connectivity index is 1.74. The van der Waals surface area contributed by atoms with Crippen molar-refractivity contribution in [2.75, 3.05) is 11.5 Å². The van der Waals surface area contributed by atoms with E-state index in [-0.39, 0.29) is 5.57 Å². The van der Waals surface area contributed by atoms with Crippen LogP contribution in [0.4, 0.5) is 10.5 Å². The van der Waals surface area contributed by atoms with Crippen LogP contribution in [0.25, 0.3) is 6.08 Å². The molecule has 0 aromatic heterocycles. The summed E-state index contributed by atoms with van der Waals surface area (Å²) in [6.07, 6.45) is 2.05. The fourth-order valence-electron chi connectivity index (χ4n) is 3.86. The number of benzene rings is 3. The number of hydrogen-bond donors (Lipinski definition) is 1. The Morgan fingerprint density at radius 1 is 1.06 bits per heavy atom. The standard InChI is InChI=1S/C27H22ClIN2O4/c1-3-35-24-14-17(13-22(29)19(24)15-18-9-5-6-10-21(18)28)12-20-25(32)30-27(34)31(26(20)33)23-11-7-4-8-16(23)2/h4-14H,3,15H2,1-2H3,(H,30,32,34)/b20-12+. The third-order valence-electron chi connectivity index (χ3n) is 5.57. The highest BCUT2D eigenvalue weighted by molar-refractivity contribution is 14.1. The molecule has 3 aromatic carbocycles. The number of carbonyl (C=O) groups excluding carboxylic acids is 3. The van der Waals surface area contributed by atoms with Gasteiger partial charge in [-0.25, -0.2) is 9.69 Å². The van der Waals surface area contributed by atoms with E-state index in [1.807, 2.05) is 43.3 Å². The van der Waals surface area contributed by atoms with Gasteiger partial charge in [-0.3, -0.25) is 14.9 Å². The van der Waals surface area contributed by atoms with Crippen LogP contribution in [-0.4, -0.2) is 24.5 Å². The molecular formula is C27H22ClIN2O4. The normalized spacial score (nSPS) is 14.9.